The van der Waals surface area contributed by atoms with Crippen LogP contribution in [0.25, 0.3) is 0 Å². The molecule has 0 aromatic rings. The number of carboxylic acids is 1. The van der Waals surface area contributed by atoms with E-state index in [1.165, 1.54) is 19.3 Å². The number of carbonyl (C=O) groups excluding carboxylic acids is 2. The lowest BCUT2D eigenvalue weighted by atomic mass is 9.99. The van der Waals surface area contributed by atoms with Crippen LogP contribution in [0.3, 0.4) is 0 Å². The third-order valence-corrected chi connectivity index (χ3v) is 4.93. The molecule has 0 aliphatic heterocycles. The Bertz CT molecular complexity index is 528. The van der Waals surface area contributed by atoms with Crippen LogP contribution in [-0.2, 0) is 14.4 Å². The van der Waals surface area contributed by atoms with Crippen LogP contribution in [0.15, 0.2) is 23.3 Å². The number of aliphatic carboxylic acids is 1. The maximum Gasteiger partial charge on any atom is 0.303 e. The maximum atomic E-state index is 12.1. The fraction of sp³-hybridized carbons (Fsp3) is 0.682. The first-order valence-electron chi connectivity index (χ1n) is 10.2. The molecule has 0 radical (unpaired) electrons. The van der Waals surface area contributed by atoms with Crippen molar-refractivity contribution in [2.24, 2.45) is 0 Å². The molecule has 0 aromatic heterocycles. The van der Waals surface area contributed by atoms with Crippen molar-refractivity contribution in [3.63, 3.8) is 0 Å². The van der Waals surface area contributed by atoms with Crippen LogP contribution in [0.1, 0.15) is 96.8 Å². The van der Waals surface area contributed by atoms with E-state index >= 15 is 0 Å². The zero-order valence-corrected chi connectivity index (χ0v) is 16.2. The van der Waals surface area contributed by atoms with Gasteiger partial charge < -0.3 is 5.11 Å². The fourth-order valence-electron chi connectivity index (χ4n) is 3.33. The number of hydrogen-bond donors (Lipinski definition) is 1. The van der Waals surface area contributed by atoms with Crippen molar-refractivity contribution in [1.29, 1.82) is 0 Å². The molecule has 4 heteroatoms. The second kappa shape index (κ2) is 13.5. The molecule has 0 atom stereocenters. The molecule has 4 nitrogen and oxygen atoms in total. The van der Waals surface area contributed by atoms with E-state index < -0.39 is 5.97 Å². The molecule has 0 unspecified atom stereocenters. The molecule has 1 aliphatic rings. The van der Waals surface area contributed by atoms with Crippen LogP contribution in [0.5, 0.6) is 0 Å². The summed E-state index contributed by atoms with van der Waals surface area (Å²) in [6.07, 6.45) is 15.2. The first-order valence-corrected chi connectivity index (χ1v) is 10.2. The first kappa shape index (κ1) is 22.3. The van der Waals surface area contributed by atoms with Crippen LogP contribution in [0.4, 0.5) is 0 Å². The number of Topliss-reactive ketones (excluding diaryl/α,β-unsaturated/α-hetero) is 2. The maximum absolute atomic E-state index is 12.1. The van der Waals surface area contributed by atoms with Gasteiger partial charge in [-0.05, 0) is 44.1 Å². The van der Waals surface area contributed by atoms with Crippen molar-refractivity contribution in [2.75, 3.05) is 0 Å². The summed E-state index contributed by atoms with van der Waals surface area (Å²) < 4.78 is 0. The van der Waals surface area contributed by atoms with Gasteiger partial charge in [0, 0.05) is 25.7 Å². The van der Waals surface area contributed by atoms with Crippen molar-refractivity contribution in [1.82, 2.24) is 0 Å². The number of ketones is 2. The van der Waals surface area contributed by atoms with E-state index in [0.29, 0.717) is 37.9 Å². The van der Waals surface area contributed by atoms with Crippen LogP contribution in [-0.4, -0.2) is 22.6 Å². The standard InChI is InChI=1S/C22H34O4/c1-2-3-4-5-8-11-19(23)16-14-18-15-17-21(24)20(18)12-9-6-7-10-13-22(25)26/h6,9H,2-5,7-8,10-17H2,1H3,(H,25,26). The number of carbonyl (C=O) groups is 3. The number of rotatable bonds is 15. The minimum atomic E-state index is -0.774. The summed E-state index contributed by atoms with van der Waals surface area (Å²) in [6, 6.07) is 0. The van der Waals surface area contributed by atoms with Crippen LogP contribution < -0.4 is 0 Å². The Balaban J connectivity index is 2.32. The van der Waals surface area contributed by atoms with E-state index in [1.807, 2.05) is 12.2 Å². The van der Waals surface area contributed by atoms with Crippen molar-refractivity contribution in [2.45, 2.75) is 96.8 Å². The normalized spacial score (nSPS) is 14.6. The molecule has 1 aliphatic carbocycles. The third kappa shape index (κ3) is 9.69. The number of unbranched alkanes of at least 4 members (excludes halogenated alkanes) is 5. The van der Waals surface area contributed by atoms with Gasteiger partial charge in [0.15, 0.2) is 5.78 Å². The summed E-state index contributed by atoms with van der Waals surface area (Å²) in [5.41, 5.74) is 2.04. The van der Waals surface area contributed by atoms with E-state index in [2.05, 4.69) is 6.92 Å². The lowest BCUT2D eigenvalue weighted by molar-refractivity contribution is -0.137. The predicted molar refractivity (Wildman–Crippen MR) is 104 cm³/mol. The Morgan fingerprint density at radius 3 is 2.46 bits per heavy atom. The molecule has 1 rings (SSSR count). The van der Waals surface area contributed by atoms with Gasteiger partial charge in [-0.1, -0.05) is 50.3 Å². The zero-order valence-electron chi connectivity index (χ0n) is 16.2. The minimum Gasteiger partial charge on any atom is -0.481 e. The Kier molecular flexibility index (Phi) is 11.6. The highest BCUT2D eigenvalue weighted by Gasteiger charge is 2.21. The Hall–Kier alpha value is -1.71. The molecule has 26 heavy (non-hydrogen) atoms. The molecule has 1 N–H and O–H groups in total. The second-order valence-electron chi connectivity index (χ2n) is 7.17. The molecule has 0 aromatic carbocycles. The van der Waals surface area contributed by atoms with Crippen molar-refractivity contribution in [3.8, 4) is 0 Å². The summed E-state index contributed by atoms with van der Waals surface area (Å²) in [5, 5.41) is 8.60. The highest BCUT2D eigenvalue weighted by Crippen LogP contribution is 2.29. The van der Waals surface area contributed by atoms with Gasteiger partial charge in [-0.25, -0.2) is 0 Å². The summed E-state index contributed by atoms with van der Waals surface area (Å²) >= 11 is 0. The summed E-state index contributed by atoms with van der Waals surface area (Å²) in [4.78, 5) is 34.6. The molecular weight excluding hydrogens is 328 g/mol. The molecule has 0 heterocycles. The van der Waals surface area contributed by atoms with E-state index in [-0.39, 0.29) is 12.2 Å². The molecule has 0 saturated carbocycles. The molecule has 0 amide bonds. The van der Waals surface area contributed by atoms with Gasteiger partial charge in [0.1, 0.15) is 5.78 Å². The average molecular weight is 363 g/mol. The van der Waals surface area contributed by atoms with Gasteiger partial charge in [0.25, 0.3) is 0 Å². The summed E-state index contributed by atoms with van der Waals surface area (Å²) in [5.74, 6) is -0.247. The van der Waals surface area contributed by atoms with Gasteiger partial charge in [0.2, 0.25) is 0 Å². The van der Waals surface area contributed by atoms with Crippen molar-refractivity contribution in [3.05, 3.63) is 23.3 Å². The number of carboxylic acid groups (broad SMARTS) is 1. The van der Waals surface area contributed by atoms with Crippen LogP contribution >= 0.6 is 0 Å². The highest BCUT2D eigenvalue weighted by atomic mass is 16.4. The fourth-order valence-corrected chi connectivity index (χ4v) is 3.33. The SMILES string of the molecule is CCCCCCCC(=O)CCC1=C(CC=CCCCC(=O)O)C(=O)CC1. The smallest absolute Gasteiger partial charge is 0.303 e. The third-order valence-electron chi connectivity index (χ3n) is 4.93. The lowest BCUT2D eigenvalue weighted by Gasteiger charge is -2.05. The summed E-state index contributed by atoms with van der Waals surface area (Å²) in [6.45, 7) is 2.19. The summed E-state index contributed by atoms with van der Waals surface area (Å²) in [7, 11) is 0. The van der Waals surface area contributed by atoms with Crippen LogP contribution in [0.2, 0.25) is 0 Å². The first-order chi connectivity index (χ1) is 12.5. The molecule has 0 bridgehead atoms. The van der Waals surface area contributed by atoms with E-state index in [4.69, 9.17) is 5.11 Å². The minimum absolute atomic E-state index is 0.178. The van der Waals surface area contributed by atoms with Gasteiger partial charge in [0.05, 0.1) is 0 Å². The number of allylic oxidation sites excluding steroid dienone is 4. The monoisotopic (exact) mass is 362 g/mol. The Labute approximate surface area is 157 Å². The van der Waals surface area contributed by atoms with E-state index in [1.54, 1.807) is 0 Å². The molecule has 0 spiro atoms. The number of hydrogen-bond acceptors (Lipinski definition) is 3. The van der Waals surface area contributed by atoms with Gasteiger partial charge in [-0.2, -0.15) is 0 Å². The molecular formula is C22H34O4. The lowest BCUT2D eigenvalue weighted by Crippen LogP contribution is -2.00. The van der Waals surface area contributed by atoms with Crippen molar-refractivity contribution >= 4 is 17.5 Å². The van der Waals surface area contributed by atoms with Gasteiger partial charge in [-0.15, -0.1) is 0 Å². The van der Waals surface area contributed by atoms with E-state index in [9.17, 15) is 14.4 Å². The van der Waals surface area contributed by atoms with Crippen molar-refractivity contribution < 1.29 is 19.5 Å². The highest BCUT2D eigenvalue weighted by molar-refractivity contribution is 5.99. The zero-order chi connectivity index (χ0) is 19.2. The average Bonchev–Trinajstić information content (AvgIpc) is 2.95. The van der Waals surface area contributed by atoms with Crippen LogP contribution in [0, 0.1) is 0 Å². The van der Waals surface area contributed by atoms with E-state index in [0.717, 1.165) is 43.3 Å². The molecule has 146 valence electrons. The second-order valence-corrected chi connectivity index (χ2v) is 7.17. The predicted octanol–water partition coefficient (Wildman–Crippen LogP) is 5.56. The largest absolute Gasteiger partial charge is 0.481 e. The quantitative estimate of drug-likeness (QED) is 0.306. The Morgan fingerprint density at radius 1 is 0.962 bits per heavy atom. The molecule has 0 saturated heterocycles. The Morgan fingerprint density at radius 2 is 1.73 bits per heavy atom. The van der Waals surface area contributed by atoms with Gasteiger partial charge >= 0.3 is 5.97 Å². The topological polar surface area (TPSA) is 71.4 Å². The van der Waals surface area contributed by atoms with Gasteiger partial charge in [-0.3, -0.25) is 14.4 Å². The molecule has 0 fully saturated rings.